The van der Waals surface area contributed by atoms with Gasteiger partial charge in [0, 0.05) is 15.1 Å². The molecule has 3 aromatic rings. The first-order valence-corrected chi connectivity index (χ1v) is 10.3. The third-order valence-corrected chi connectivity index (χ3v) is 5.17. The van der Waals surface area contributed by atoms with Crippen LogP contribution in [0.1, 0.15) is 24.3 Å². The first-order valence-electron chi connectivity index (χ1n) is 9.15. The summed E-state index contributed by atoms with van der Waals surface area (Å²) in [7, 11) is 0. The van der Waals surface area contributed by atoms with Crippen LogP contribution in [-0.2, 0) is 9.63 Å². The number of rotatable bonds is 5. The zero-order valence-electron chi connectivity index (χ0n) is 16.3. The summed E-state index contributed by atoms with van der Waals surface area (Å²) in [6.45, 7) is 3.57. The molecular weight excluding hydrogens is 472 g/mol. The summed E-state index contributed by atoms with van der Waals surface area (Å²) >= 11 is 9.40. The largest absolute Gasteiger partial charge is 0.349 e. The lowest BCUT2D eigenvalue weighted by Gasteiger charge is -2.13. The van der Waals surface area contributed by atoms with Crippen molar-refractivity contribution >= 4 is 39.4 Å². The molecule has 0 fully saturated rings. The van der Waals surface area contributed by atoms with Crippen molar-refractivity contribution in [3.63, 3.8) is 0 Å². The van der Waals surface area contributed by atoms with E-state index in [1.54, 1.807) is 48.9 Å². The molecule has 0 saturated heterocycles. The molecule has 0 aliphatic heterocycles. The minimum absolute atomic E-state index is 0.0776. The number of carbonyl (C=O) groups excluding carboxylic acids is 2. The van der Waals surface area contributed by atoms with Gasteiger partial charge in [-0.05, 0) is 48.4 Å². The maximum Gasteiger partial charge on any atom is 0.349 e. The van der Waals surface area contributed by atoms with Gasteiger partial charge in [-0.2, -0.15) is 10.6 Å². The number of carbonyl (C=O) groups is 2. The molecule has 0 spiro atoms. The number of hydrogen-bond acceptors (Lipinski definition) is 5. The maximum absolute atomic E-state index is 12.5. The lowest BCUT2D eigenvalue weighted by molar-refractivity contribution is -0.151. The molecule has 0 saturated carbocycles. The highest BCUT2D eigenvalue weighted by molar-refractivity contribution is 9.10. The Kier molecular flexibility index (Phi) is 6.91. The molecule has 3 rings (SSSR count). The molecule has 1 heterocycles. The quantitative estimate of drug-likeness (QED) is 0.523. The zero-order valence-corrected chi connectivity index (χ0v) is 18.6. The van der Waals surface area contributed by atoms with E-state index in [9.17, 15) is 9.59 Å². The van der Waals surface area contributed by atoms with Gasteiger partial charge >= 0.3 is 11.9 Å². The Morgan fingerprint density at radius 2 is 1.77 bits per heavy atom. The van der Waals surface area contributed by atoms with Gasteiger partial charge in [0.2, 0.25) is 0 Å². The van der Waals surface area contributed by atoms with E-state index < -0.39 is 17.9 Å². The first-order chi connectivity index (χ1) is 14.3. The standard InChI is InChI=1S/C21H20BrClN4O3/c1-12(2)19(24)21(29)30-26-20(28)17-11-18(13-3-5-14(22)6-4-13)27(25-17)16-9-7-15(23)8-10-16/h3-12,19H,24H2,1-2H3,(H,26,28)/t19-/m1/s1. The van der Waals surface area contributed by atoms with Crippen LogP contribution >= 0.6 is 27.5 Å². The van der Waals surface area contributed by atoms with Crippen LogP contribution in [0.25, 0.3) is 16.9 Å². The molecule has 7 nitrogen and oxygen atoms in total. The van der Waals surface area contributed by atoms with Crippen LogP contribution in [0.2, 0.25) is 5.02 Å². The Labute approximate surface area is 187 Å². The van der Waals surface area contributed by atoms with Crippen molar-refractivity contribution in [3.05, 3.63) is 69.8 Å². The smallest absolute Gasteiger partial charge is 0.339 e. The average molecular weight is 492 g/mol. The van der Waals surface area contributed by atoms with Crippen molar-refractivity contribution in [2.45, 2.75) is 19.9 Å². The van der Waals surface area contributed by atoms with Gasteiger partial charge in [0.1, 0.15) is 6.04 Å². The van der Waals surface area contributed by atoms with Gasteiger partial charge in [0.05, 0.1) is 11.4 Å². The van der Waals surface area contributed by atoms with Crippen LogP contribution in [0.4, 0.5) is 0 Å². The van der Waals surface area contributed by atoms with Gasteiger partial charge in [0.15, 0.2) is 5.69 Å². The number of aromatic nitrogens is 2. The van der Waals surface area contributed by atoms with Gasteiger partial charge in [-0.25, -0.2) is 9.48 Å². The number of nitrogens with zero attached hydrogens (tertiary/aromatic N) is 2. The molecule has 0 aliphatic carbocycles. The van der Waals surface area contributed by atoms with Crippen molar-refractivity contribution in [2.24, 2.45) is 11.7 Å². The minimum atomic E-state index is -0.838. The molecule has 2 aromatic carbocycles. The van der Waals surface area contributed by atoms with E-state index in [1.165, 1.54) is 0 Å². The summed E-state index contributed by atoms with van der Waals surface area (Å²) in [5.74, 6) is -1.50. The van der Waals surface area contributed by atoms with Gasteiger partial charge in [0.25, 0.3) is 0 Å². The van der Waals surface area contributed by atoms with Crippen LogP contribution in [0.5, 0.6) is 0 Å². The van der Waals surface area contributed by atoms with E-state index in [-0.39, 0.29) is 11.6 Å². The molecule has 0 aliphatic rings. The molecule has 9 heteroatoms. The minimum Gasteiger partial charge on any atom is -0.339 e. The number of nitrogens with one attached hydrogen (secondary N) is 1. The summed E-state index contributed by atoms with van der Waals surface area (Å²) in [6, 6.07) is 15.4. The number of benzene rings is 2. The Balaban J connectivity index is 1.91. The Hall–Kier alpha value is -2.68. The number of hydroxylamine groups is 1. The van der Waals surface area contributed by atoms with Crippen LogP contribution in [0.15, 0.2) is 59.1 Å². The molecule has 0 unspecified atom stereocenters. The van der Waals surface area contributed by atoms with Gasteiger partial charge < -0.3 is 10.6 Å². The fourth-order valence-electron chi connectivity index (χ4n) is 2.59. The summed E-state index contributed by atoms with van der Waals surface area (Å²) in [5.41, 5.74) is 10.2. The third kappa shape index (κ3) is 5.08. The topological polar surface area (TPSA) is 99.2 Å². The van der Waals surface area contributed by atoms with E-state index in [1.807, 2.05) is 24.3 Å². The number of amides is 1. The van der Waals surface area contributed by atoms with Crippen LogP contribution < -0.4 is 11.2 Å². The summed E-state index contributed by atoms with van der Waals surface area (Å²) in [5, 5.41) is 4.98. The Morgan fingerprint density at radius 3 is 2.37 bits per heavy atom. The Bertz CT molecular complexity index is 986. The third-order valence-electron chi connectivity index (χ3n) is 4.39. The highest BCUT2D eigenvalue weighted by Gasteiger charge is 2.22. The Morgan fingerprint density at radius 1 is 1.13 bits per heavy atom. The lowest BCUT2D eigenvalue weighted by Crippen LogP contribution is -2.41. The van der Waals surface area contributed by atoms with Crippen molar-refractivity contribution in [1.82, 2.24) is 15.3 Å². The van der Waals surface area contributed by atoms with E-state index in [0.717, 1.165) is 15.7 Å². The highest BCUT2D eigenvalue weighted by atomic mass is 79.9. The second kappa shape index (κ2) is 9.42. The van der Waals surface area contributed by atoms with Crippen molar-refractivity contribution in [1.29, 1.82) is 0 Å². The number of nitrogens with two attached hydrogens (primary N) is 1. The number of hydrogen-bond donors (Lipinski definition) is 2. The monoisotopic (exact) mass is 490 g/mol. The highest BCUT2D eigenvalue weighted by Crippen LogP contribution is 2.26. The molecule has 1 atom stereocenters. The van der Waals surface area contributed by atoms with E-state index in [4.69, 9.17) is 22.2 Å². The second-order valence-electron chi connectivity index (χ2n) is 6.93. The number of halogens is 2. The molecule has 30 heavy (non-hydrogen) atoms. The normalized spacial score (nSPS) is 11.9. The first kappa shape index (κ1) is 22.0. The summed E-state index contributed by atoms with van der Waals surface area (Å²) in [4.78, 5) is 29.3. The lowest BCUT2D eigenvalue weighted by atomic mass is 10.1. The molecule has 1 aromatic heterocycles. The molecular formula is C21H20BrClN4O3. The molecule has 0 bridgehead atoms. The maximum atomic E-state index is 12.5. The summed E-state index contributed by atoms with van der Waals surface area (Å²) < 4.78 is 2.55. The average Bonchev–Trinajstić information content (AvgIpc) is 3.17. The molecule has 156 valence electrons. The summed E-state index contributed by atoms with van der Waals surface area (Å²) in [6.07, 6.45) is 0. The van der Waals surface area contributed by atoms with Gasteiger partial charge in [-0.3, -0.25) is 4.79 Å². The van der Waals surface area contributed by atoms with E-state index in [2.05, 4.69) is 26.5 Å². The van der Waals surface area contributed by atoms with E-state index in [0.29, 0.717) is 10.7 Å². The molecule has 1 amide bonds. The van der Waals surface area contributed by atoms with Crippen molar-refractivity contribution in [3.8, 4) is 16.9 Å². The van der Waals surface area contributed by atoms with Gasteiger partial charge in [-0.1, -0.05) is 53.5 Å². The zero-order chi connectivity index (χ0) is 21.8. The molecule has 0 radical (unpaired) electrons. The van der Waals surface area contributed by atoms with Crippen LogP contribution in [0, 0.1) is 5.92 Å². The fourth-order valence-corrected chi connectivity index (χ4v) is 2.98. The van der Waals surface area contributed by atoms with Gasteiger partial charge in [-0.15, -0.1) is 0 Å². The predicted molar refractivity (Wildman–Crippen MR) is 118 cm³/mol. The fraction of sp³-hybridized carbons (Fsp3) is 0.190. The predicted octanol–water partition coefficient (Wildman–Crippen LogP) is 4.13. The van der Waals surface area contributed by atoms with Crippen LogP contribution in [0.3, 0.4) is 0 Å². The van der Waals surface area contributed by atoms with E-state index >= 15 is 0 Å². The SMILES string of the molecule is CC(C)[C@@H](N)C(=O)ONC(=O)c1cc(-c2ccc(Br)cc2)n(-c2ccc(Cl)cc2)n1. The second-order valence-corrected chi connectivity index (χ2v) is 8.28. The molecule has 3 N–H and O–H groups in total. The van der Waals surface area contributed by atoms with Crippen molar-refractivity contribution < 1.29 is 14.4 Å². The van der Waals surface area contributed by atoms with Crippen molar-refractivity contribution in [2.75, 3.05) is 0 Å². The van der Waals surface area contributed by atoms with Crippen LogP contribution in [-0.4, -0.2) is 27.7 Å².